The lowest BCUT2D eigenvalue weighted by molar-refractivity contribution is -0.148. The third-order valence-electron chi connectivity index (χ3n) is 19.4. The molecule has 26 heteroatoms. The van der Waals surface area contributed by atoms with Crippen LogP contribution < -0.4 is 10.6 Å². The first-order valence-corrected chi connectivity index (χ1v) is 37.6. The molecule has 3 heterocycles. The number of amides is 6. The Morgan fingerprint density at radius 1 is 0.559 bits per heavy atom. The molecule has 1 fully saturated rings. The molecule has 2 aromatic heterocycles. The molecule has 13 atom stereocenters. The van der Waals surface area contributed by atoms with Crippen LogP contribution in [0.5, 0.6) is 0 Å². The van der Waals surface area contributed by atoms with Gasteiger partial charge in [0.1, 0.15) is 12.1 Å². The van der Waals surface area contributed by atoms with Crippen molar-refractivity contribution in [2.24, 2.45) is 65.1 Å². The van der Waals surface area contributed by atoms with Gasteiger partial charge < -0.3 is 40.1 Å². The van der Waals surface area contributed by atoms with Crippen molar-refractivity contribution in [2.45, 2.75) is 289 Å². The Hall–Kier alpha value is -6.96. The van der Waals surface area contributed by atoms with Gasteiger partial charge in [0.05, 0.1) is 67.8 Å². The van der Waals surface area contributed by atoms with Gasteiger partial charge >= 0.3 is 0 Å². The van der Waals surface area contributed by atoms with Gasteiger partial charge in [0, 0.05) is 91.1 Å². The molecule has 3 rings (SSSR count). The number of ether oxygens (including phenoxy) is 1. The van der Waals surface area contributed by atoms with Gasteiger partial charge in [0.15, 0.2) is 35.2 Å². The number of nitrogens with zero attached hydrogens (tertiary/aromatic N) is 11. The summed E-state index contributed by atoms with van der Waals surface area (Å²) in [7, 11) is 5.90. The fourth-order valence-corrected chi connectivity index (χ4v) is 13.3. The first-order chi connectivity index (χ1) is 47.8. The van der Waals surface area contributed by atoms with E-state index in [4.69, 9.17) is 4.74 Å². The number of unbranched alkanes of at least 4 members (excludes halogenated alkanes) is 2. The highest BCUT2D eigenvalue weighted by molar-refractivity contribution is 5.99. The zero-order valence-electron chi connectivity index (χ0n) is 66.1. The number of aromatic nitrogens is 7. The first kappa shape index (κ1) is 91.1. The summed E-state index contributed by atoms with van der Waals surface area (Å²) in [6.45, 7) is 34.5. The average molecular weight is 1430 g/mol. The van der Waals surface area contributed by atoms with Crippen LogP contribution in [-0.4, -0.2) is 208 Å². The number of rotatable bonds is 25. The molecule has 0 saturated carbocycles. The van der Waals surface area contributed by atoms with Crippen molar-refractivity contribution in [1.29, 1.82) is 0 Å². The van der Waals surface area contributed by atoms with Crippen LogP contribution in [0, 0.1) is 65.1 Å². The normalized spacial score (nSPS) is 24.6. The lowest BCUT2D eigenvalue weighted by Crippen LogP contribution is -2.53. The fourth-order valence-electron chi connectivity index (χ4n) is 13.3. The molecular weight excluding hydrogens is 1300 g/mol. The van der Waals surface area contributed by atoms with Crippen LogP contribution in [0.4, 0.5) is 0 Å². The average Bonchev–Trinajstić information content (AvgIpc) is 0.849. The molecule has 2 aromatic rings. The molecule has 0 spiro atoms. The van der Waals surface area contributed by atoms with Gasteiger partial charge in [-0.2, -0.15) is 19.8 Å². The van der Waals surface area contributed by atoms with E-state index in [-0.39, 0.29) is 82.1 Å². The van der Waals surface area contributed by atoms with Crippen molar-refractivity contribution in [3.63, 3.8) is 0 Å². The summed E-state index contributed by atoms with van der Waals surface area (Å²) in [5.74, 6) is -11.1. The molecule has 0 unspecified atom stereocenters. The molecule has 102 heavy (non-hydrogen) atoms. The van der Waals surface area contributed by atoms with Gasteiger partial charge in [-0.3, -0.25) is 52.7 Å². The van der Waals surface area contributed by atoms with Crippen LogP contribution in [-0.2, 0) is 70.6 Å². The third-order valence-corrected chi connectivity index (χ3v) is 19.4. The van der Waals surface area contributed by atoms with Crippen LogP contribution in [0.15, 0.2) is 30.9 Å². The minimum absolute atomic E-state index is 0.0813. The number of ketones is 5. The Balaban J connectivity index is 0.00000265. The minimum Gasteiger partial charge on any atom is -0.392 e. The molecule has 6 amide bonds. The number of aliphatic hydroxyl groups is 1. The Labute approximate surface area is 609 Å². The van der Waals surface area contributed by atoms with Gasteiger partial charge in [-0.1, -0.05) is 129 Å². The van der Waals surface area contributed by atoms with Crippen molar-refractivity contribution in [2.75, 3.05) is 34.8 Å². The molecule has 1 saturated heterocycles. The summed E-state index contributed by atoms with van der Waals surface area (Å²) in [6.07, 6.45) is 9.93. The largest absolute Gasteiger partial charge is 0.392 e. The molecule has 578 valence electrons. The molecule has 3 N–H and O–H groups in total. The second-order valence-electron chi connectivity index (χ2n) is 30.9. The fraction of sp³-hybridized carbons (Fsp3) is 0.789. The smallest absolute Gasteiger partial charge is 0.245 e. The second-order valence-corrected chi connectivity index (χ2v) is 30.9. The predicted octanol–water partition coefficient (Wildman–Crippen LogP) is 8.77. The van der Waals surface area contributed by atoms with Crippen LogP contribution >= 0.6 is 0 Å². The minimum atomic E-state index is -1.39. The Morgan fingerprint density at radius 2 is 1.11 bits per heavy atom. The summed E-state index contributed by atoms with van der Waals surface area (Å²) in [4.78, 5) is 169. The van der Waals surface area contributed by atoms with E-state index in [2.05, 4.69) is 50.1 Å². The van der Waals surface area contributed by atoms with E-state index < -0.39 is 161 Å². The van der Waals surface area contributed by atoms with E-state index in [1.807, 2.05) is 54.5 Å². The first-order valence-electron chi connectivity index (χ1n) is 37.6. The zero-order valence-corrected chi connectivity index (χ0v) is 66.1. The van der Waals surface area contributed by atoms with Crippen LogP contribution in [0.3, 0.4) is 0 Å². The van der Waals surface area contributed by atoms with Crippen molar-refractivity contribution in [1.82, 2.24) is 65.4 Å². The number of carbonyl (C=O) groups excluding carboxylic acids is 11. The lowest BCUT2D eigenvalue weighted by atomic mass is 9.82. The Morgan fingerprint density at radius 3 is 1.64 bits per heavy atom. The Bertz CT molecular complexity index is 2950. The maximum absolute atomic E-state index is 14.9. The monoisotopic (exact) mass is 1430 g/mol. The van der Waals surface area contributed by atoms with Crippen LogP contribution in [0.2, 0.25) is 0 Å². The molecule has 0 aliphatic carbocycles. The highest BCUT2D eigenvalue weighted by Gasteiger charge is 2.43. The van der Waals surface area contributed by atoms with Crippen LogP contribution in [0.25, 0.3) is 0 Å². The molecule has 0 bridgehead atoms. The van der Waals surface area contributed by atoms with Crippen molar-refractivity contribution < 1.29 is 62.6 Å². The van der Waals surface area contributed by atoms with E-state index in [1.54, 1.807) is 78.7 Å². The number of aryl methyl sites for hydroxylation is 2. The number of tetrazole rings is 1. The number of Topliss-reactive ketones (excluding diaryl/α,β-unsaturated/α-hetero) is 5. The summed E-state index contributed by atoms with van der Waals surface area (Å²) in [5.41, 5.74) is 0. The van der Waals surface area contributed by atoms with Crippen molar-refractivity contribution in [3.05, 3.63) is 30.9 Å². The number of hydrogen-bond acceptors (Lipinski definition) is 18. The highest BCUT2D eigenvalue weighted by atomic mass is 16.5. The van der Waals surface area contributed by atoms with Gasteiger partial charge in [0.2, 0.25) is 35.4 Å². The van der Waals surface area contributed by atoms with Crippen molar-refractivity contribution in [3.8, 4) is 0 Å². The molecule has 26 nitrogen and oxygen atoms in total. The zero-order chi connectivity index (χ0) is 77.4. The number of hydrogen-bond donors (Lipinski definition) is 3. The van der Waals surface area contributed by atoms with Crippen LogP contribution in [0.1, 0.15) is 227 Å². The summed E-state index contributed by atoms with van der Waals surface area (Å²) in [5, 5.41) is 37.2. The lowest BCUT2D eigenvalue weighted by Gasteiger charge is -2.36. The quantitative estimate of drug-likeness (QED) is 0.0617. The number of allylic oxidation sites excluding steroid dienone is 2. The van der Waals surface area contributed by atoms with E-state index in [0.717, 1.165) is 12.5 Å². The van der Waals surface area contributed by atoms with E-state index >= 15 is 0 Å². The molecular formula is C76H131N13O13. The topological polar surface area (TPSA) is 329 Å². The summed E-state index contributed by atoms with van der Waals surface area (Å²) in [6, 6.07) is -6.71. The maximum atomic E-state index is 14.9. The predicted molar refractivity (Wildman–Crippen MR) is 392 cm³/mol. The third kappa shape index (κ3) is 30.4. The second kappa shape index (κ2) is 46.0. The van der Waals surface area contributed by atoms with Gasteiger partial charge in [-0.25, -0.2) is 0 Å². The maximum Gasteiger partial charge on any atom is 0.245 e. The number of nitrogens with one attached hydrogen (secondary N) is 2. The standard InChI is InChI=1S/C67H114N10O13.C9H17N3/c1-21-23-26-44(13)62(84)50-37-57(81)60(43(11)12)76(20)66(88)48(31-39(3)4)35-56(80)53(33-41(7)8)73(17)65(87)46(15)70-63(85)45(14)34-55(79)52(32-40(5)6)74(18)67(89)49(42(9)10)36-58(82)61(47(16)90-30-25-24-29-77-69-38-68-72-77)75(19)59(83)28-27-54(78)51(22-2)71-64(50)86;1-9(2)5-3-4-8-12-10-6-7-11-12/h21,23,38-53,60-62,84H,22,24-37H2,1-20H3,(H,70,85)(H,71,86);6-7,9H,3-5,8H2,1-2H3/b23-21+;/t44-,45-,46-,47-,48-,49+,50+,51+,52+,53+,60+,61+,62-;/m1./s1. The van der Waals surface area contributed by atoms with Gasteiger partial charge in [0.25, 0.3) is 0 Å². The molecule has 1 aliphatic rings. The number of carbonyl (C=O) groups is 11. The number of likely N-dealkylation sites (N-methyl/N-ethyl adjacent to an activating group) is 4. The molecule has 0 radical (unpaired) electrons. The van der Waals surface area contributed by atoms with E-state index in [0.29, 0.717) is 25.8 Å². The Kier molecular flexibility index (Phi) is 41.1. The van der Waals surface area contributed by atoms with Crippen molar-refractivity contribution >= 4 is 64.4 Å². The van der Waals surface area contributed by atoms with E-state index in [1.165, 1.54) is 85.1 Å². The van der Waals surface area contributed by atoms with Gasteiger partial charge in [-0.15, -0.1) is 10.2 Å². The van der Waals surface area contributed by atoms with E-state index in [9.17, 15) is 57.8 Å². The summed E-state index contributed by atoms with van der Waals surface area (Å²) < 4.78 is 6.25. The van der Waals surface area contributed by atoms with Gasteiger partial charge in [-0.05, 0) is 119 Å². The summed E-state index contributed by atoms with van der Waals surface area (Å²) >= 11 is 0. The molecule has 0 aromatic carbocycles. The number of aliphatic hydroxyl groups excluding tert-OH is 1. The molecule has 1 aliphatic heterocycles. The highest BCUT2D eigenvalue weighted by Crippen LogP contribution is 2.30. The SMILES string of the molecule is C/C=C/C[C@@H](C)[C@@H](O)[C@@H]1CC(=O)[C@H](C(C)C)N(C)C(=O)[C@H](CC(C)C)CC(=O)[C@H](CC(C)C)N(C)C(=O)[C@@H](C)NC(=O)[C@H](C)CC(=O)[C@H](CC(C)C)N(C)C(=O)[C@H](C(C)C)CC(=O)[C@H]([C@@H](C)OCCCCn2ncnn2)N(C)C(=O)CCC(=O)[C@H](CC)NC1=O.CC(C)CCCCn1nccn1.